The van der Waals surface area contributed by atoms with Gasteiger partial charge in [0, 0.05) is 12.7 Å². The van der Waals surface area contributed by atoms with Gasteiger partial charge >= 0.3 is 12.1 Å². The standard InChI is InChI=1S/C15H17BrF3N5O3/c1-5-23-6-9(11(21-23)14(26)27-4)20-13(25)8(3)24-7(2)10(16)12(22-24)15(17,18)19/h6,8H,5H2,1-4H3,(H,20,25)/t8-/m1/s1. The van der Waals surface area contributed by atoms with Gasteiger partial charge in [0.1, 0.15) is 6.04 Å². The van der Waals surface area contributed by atoms with Gasteiger partial charge in [-0.25, -0.2) is 4.79 Å². The zero-order chi connectivity index (χ0) is 20.5. The van der Waals surface area contributed by atoms with Crippen molar-refractivity contribution in [2.75, 3.05) is 12.4 Å². The van der Waals surface area contributed by atoms with Crippen LogP contribution in [0.1, 0.15) is 41.8 Å². The minimum atomic E-state index is -4.66. The number of ether oxygens (including phenoxy) is 1. The van der Waals surface area contributed by atoms with Crippen molar-refractivity contribution >= 4 is 33.5 Å². The van der Waals surface area contributed by atoms with Gasteiger partial charge in [0.15, 0.2) is 11.4 Å². The number of esters is 1. The molecule has 0 fully saturated rings. The van der Waals surface area contributed by atoms with Crippen molar-refractivity contribution in [3.05, 3.63) is 27.8 Å². The molecule has 0 aromatic carbocycles. The summed E-state index contributed by atoms with van der Waals surface area (Å²) >= 11 is 2.86. The number of hydrogen-bond donors (Lipinski definition) is 1. The SMILES string of the molecule is CCn1cc(NC(=O)[C@@H](C)n2nc(C(F)(F)F)c(Br)c2C)c(C(=O)OC)n1. The van der Waals surface area contributed by atoms with Gasteiger partial charge in [-0.2, -0.15) is 23.4 Å². The number of nitrogens with zero attached hydrogens (tertiary/aromatic N) is 4. The maximum Gasteiger partial charge on any atom is 0.436 e. The van der Waals surface area contributed by atoms with Crippen molar-refractivity contribution in [1.82, 2.24) is 19.6 Å². The van der Waals surface area contributed by atoms with Crippen molar-refractivity contribution in [2.45, 2.75) is 39.5 Å². The average molecular weight is 452 g/mol. The lowest BCUT2D eigenvalue weighted by molar-refractivity contribution is -0.142. The van der Waals surface area contributed by atoms with Crippen LogP contribution in [0.15, 0.2) is 10.7 Å². The predicted octanol–water partition coefficient (Wildman–Crippen LogP) is 3.18. The van der Waals surface area contributed by atoms with Gasteiger partial charge in [0.05, 0.1) is 23.0 Å². The number of carbonyl (C=O) groups is 2. The highest BCUT2D eigenvalue weighted by atomic mass is 79.9. The van der Waals surface area contributed by atoms with E-state index in [1.54, 1.807) is 6.92 Å². The number of amides is 1. The monoisotopic (exact) mass is 451 g/mol. The van der Waals surface area contributed by atoms with Crippen LogP contribution in [-0.4, -0.2) is 38.5 Å². The van der Waals surface area contributed by atoms with Crippen LogP contribution in [0.2, 0.25) is 0 Å². The van der Waals surface area contributed by atoms with Crippen LogP contribution >= 0.6 is 15.9 Å². The third kappa shape index (κ3) is 4.15. The molecule has 0 saturated heterocycles. The van der Waals surface area contributed by atoms with Crippen LogP contribution in [0.4, 0.5) is 18.9 Å². The topological polar surface area (TPSA) is 91.0 Å². The summed E-state index contributed by atoms with van der Waals surface area (Å²) in [5, 5.41) is 10.0. The number of alkyl halides is 3. The minimum absolute atomic E-state index is 0.0977. The first-order chi connectivity index (χ1) is 12.5. The molecule has 2 heterocycles. The number of aromatic nitrogens is 4. The largest absolute Gasteiger partial charge is 0.464 e. The van der Waals surface area contributed by atoms with E-state index in [4.69, 9.17) is 0 Å². The predicted molar refractivity (Wildman–Crippen MR) is 92.2 cm³/mol. The molecule has 148 valence electrons. The quantitative estimate of drug-likeness (QED) is 0.704. The van der Waals surface area contributed by atoms with E-state index in [1.165, 1.54) is 31.8 Å². The zero-order valence-electron chi connectivity index (χ0n) is 14.9. The molecule has 0 spiro atoms. The second-order valence-electron chi connectivity index (χ2n) is 5.59. The maximum atomic E-state index is 13.0. The summed E-state index contributed by atoms with van der Waals surface area (Å²) in [4.78, 5) is 24.3. The summed E-state index contributed by atoms with van der Waals surface area (Å²) in [7, 11) is 1.17. The van der Waals surface area contributed by atoms with Crippen molar-refractivity contribution in [3.8, 4) is 0 Å². The smallest absolute Gasteiger partial charge is 0.436 e. The van der Waals surface area contributed by atoms with Crippen molar-refractivity contribution in [3.63, 3.8) is 0 Å². The Labute approximate surface area is 160 Å². The van der Waals surface area contributed by atoms with E-state index in [1.807, 2.05) is 0 Å². The molecule has 8 nitrogen and oxygen atoms in total. The van der Waals surface area contributed by atoms with Gasteiger partial charge in [-0.3, -0.25) is 14.2 Å². The highest BCUT2D eigenvalue weighted by molar-refractivity contribution is 9.10. The number of aryl methyl sites for hydroxylation is 1. The van der Waals surface area contributed by atoms with Crippen molar-refractivity contribution in [1.29, 1.82) is 0 Å². The lowest BCUT2D eigenvalue weighted by Crippen LogP contribution is -2.26. The highest BCUT2D eigenvalue weighted by Gasteiger charge is 2.39. The molecule has 0 bridgehead atoms. The lowest BCUT2D eigenvalue weighted by Gasteiger charge is -2.14. The normalized spacial score (nSPS) is 12.7. The summed E-state index contributed by atoms with van der Waals surface area (Å²) in [6, 6.07) is -1.08. The Hall–Kier alpha value is -2.37. The van der Waals surface area contributed by atoms with E-state index in [0.29, 0.717) is 6.54 Å². The number of hydrogen-bond acceptors (Lipinski definition) is 5. The Kier molecular flexibility index (Phi) is 5.97. The molecule has 0 unspecified atom stereocenters. The number of halogens is 4. The molecule has 27 heavy (non-hydrogen) atoms. The second-order valence-corrected chi connectivity index (χ2v) is 6.39. The van der Waals surface area contributed by atoms with E-state index in [9.17, 15) is 22.8 Å². The molecule has 0 saturated carbocycles. The number of nitrogens with one attached hydrogen (secondary N) is 1. The lowest BCUT2D eigenvalue weighted by atomic mass is 10.2. The molecule has 2 aromatic heterocycles. The minimum Gasteiger partial charge on any atom is -0.464 e. The molecule has 0 radical (unpaired) electrons. The molecule has 1 atom stereocenters. The number of anilines is 1. The fraction of sp³-hybridized carbons (Fsp3) is 0.467. The number of rotatable bonds is 5. The fourth-order valence-corrected chi connectivity index (χ4v) is 2.81. The Balaban J connectivity index is 2.32. The van der Waals surface area contributed by atoms with Gasteiger partial charge in [-0.05, 0) is 36.7 Å². The summed E-state index contributed by atoms with van der Waals surface area (Å²) in [6.45, 7) is 5.02. The van der Waals surface area contributed by atoms with Crippen molar-refractivity contribution < 1.29 is 27.5 Å². The number of carbonyl (C=O) groups excluding carboxylic acids is 2. The van der Waals surface area contributed by atoms with Gasteiger partial charge in [-0.1, -0.05) is 0 Å². The third-order valence-electron chi connectivity index (χ3n) is 3.81. The van der Waals surface area contributed by atoms with Gasteiger partial charge in [0.2, 0.25) is 5.91 Å². The molecule has 0 aliphatic heterocycles. The fourth-order valence-electron chi connectivity index (χ4n) is 2.33. The molecular weight excluding hydrogens is 435 g/mol. The molecule has 2 aromatic rings. The van der Waals surface area contributed by atoms with Crippen molar-refractivity contribution in [2.24, 2.45) is 0 Å². The summed E-state index contributed by atoms with van der Waals surface area (Å²) in [5.74, 6) is -1.41. The first-order valence-corrected chi connectivity index (χ1v) is 8.58. The van der Waals surface area contributed by atoms with Crippen LogP contribution < -0.4 is 5.32 Å². The van der Waals surface area contributed by atoms with Crippen LogP contribution in [0.25, 0.3) is 0 Å². The van der Waals surface area contributed by atoms with Gasteiger partial charge < -0.3 is 10.1 Å². The van der Waals surface area contributed by atoms with Crippen LogP contribution in [0.3, 0.4) is 0 Å². The second kappa shape index (κ2) is 7.71. The van der Waals surface area contributed by atoms with Crippen LogP contribution in [0, 0.1) is 6.92 Å². The summed E-state index contributed by atoms with van der Waals surface area (Å²) in [5.41, 5.74) is -0.981. The highest BCUT2D eigenvalue weighted by Crippen LogP contribution is 2.36. The Morgan fingerprint density at radius 2 is 2.00 bits per heavy atom. The van der Waals surface area contributed by atoms with E-state index < -0.39 is 29.8 Å². The molecule has 0 aliphatic carbocycles. The Bertz CT molecular complexity index is 875. The van der Waals surface area contributed by atoms with E-state index in [2.05, 4.69) is 36.2 Å². The molecular formula is C15H17BrF3N5O3. The number of methoxy groups -OCH3 is 1. The zero-order valence-corrected chi connectivity index (χ0v) is 16.5. The van der Waals surface area contributed by atoms with E-state index in [-0.39, 0.29) is 21.5 Å². The molecule has 0 aliphatic rings. The first kappa shape index (κ1) is 20.9. The average Bonchev–Trinajstić information content (AvgIpc) is 3.15. The van der Waals surface area contributed by atoms with Crippen LogP contribution in [-0.2, 0) is 22.3 Å². The van der Waals surface area contributed by atoms with Gasteiger partial charge in [-0.15, -0.1) is 0 Å². The molecule has 2 rings (SSSR count). The molecule has 12 heteroatoms. The van der Waals surface area contributed by atoms with E-state index >= 15 is 0 Å². The first-order valence-electron chi connectivity index (χ1n) is 7.79. The van der Waals surface area contributed by atoms with Crippen LogP contribution in [0.5, 0.6) is 0 Å². The molecule has 1 amide bonds. The van der Waals surface area contributed by atoms with E-state index in [0.717, 1.165) is 4.68 Å². The Morgan fingerprint density at radius 3 is 2.48 bits per heavy atom. The molecule has 1 N–H and O–H groups in total. The maximum absolute atomic E-state index is 13.0. The van der Waals surface area contributed by atoms with Gasteiger partial charge in [0.25, 0.3) is 0 Å². The summed E-state index contributed by atoms with van der Waals surface area (Å²) in [6.07, 6.45) is -3.23. The third-order valence-corrected chi connectivity index (χ3v) is 4.76. The summed E-state index contributed by atoms with van der Waals surface area (Å²) < 4.78 is 45.8. The Morgan fingerprint density at radius 1 is 1.37 bits per heavy atom.